The molecule has 0 spiro atoms. The number of benzene rings is 1. The van der Waals surface area contributed by atoms with Gasteiger partial charge in [-0.3, -0.25) is 9.88 Å². The first kappa shape index (κ1) is 20.1. The molecule has 0 atom stereocenters. The Balaban J connectivity index is 1.56. The lowest BCUT2D eigenvalue weighted by Gasteiger charge is -2.41. The Hall–Kier alpha value is -1.62. The molecule has 1 saturated heterocycles. The predicted octanol–water partition coefficient (Wildman–Crippen LogP) is 4.67. The molecule has 1 N–H and O–H groups in total. The van der Waals surface area contributed by atoms with E-state index in [4.69, 9.17) is 16.3 Å². The summed E-state index contributed by atoms with van der Waals surface area (Å²) in [6.45, 7) is 10.4. The highest BCUT2D eigenvalue weighted by Gasteiger charge is 2.26. The van der Waals surface area contributed by atoms with Crippen LogP contribution in [0.25, 0.3) is 0 Å². The lowest BCUT2D eigenvalue weighted by molar-refractivity contribution is 0.0959. The molecular weight excluding hydrogens is 358 g/mol. The number of halogens is 1. The second-order valence-electron chi connectivity index (χ2n) is 8.22. The van der Waals surface area contributed by atoms with E-state index in [1.807, 2.05) is 36.5 Å². The highest BCUT2D eigenvalue weighted by Crippen LogP contribution is 2.25. The van der Waals surface area contributed by atoms with Crippen molar-refractivity contribution in [3.63, 3.8) is 0 Å². The quantitative estimate of drug-likeness (QED) is 0.781. The van der Waals surface area contributed by atoms with Crippen LogP contribution in [-0.2, 0) is 13.2 Å². The van der Waals surface area contributed by atoms with E-state index in [0.29, 0.717) is 12.6 Å². The van der Waals surface area contributed by atoms with Crippen LogP contribution in [0.3, 0.4) is 0 Å². The maximum Gasteiger partial charge on any atom is 0.124 e. The van der Waals surface area contributed by atoms with E-state index >= 15 is 0 Å². The van der Waals surface area contributed by atoms with Gasteiger partial charge in [0.15, 0.2) is 0 Å². The van der Waals surface area contributed by atoms with Crippen molar-refractivity contribution >= 4 is 11.6 Å². The molecule has 146 valence electrons. The van der Waals surface area contributed by atoms with Crippen LogP contribution in [0.1, 0.15) is 44.7 Å². The van der Waals surface area contributed by atoms with Gasteiger partial charge in [0.25, 0.3) is 0 Å². The zero-order chi connectivity index (χ0) is 19.3. The molecule has 1 aromatic carbocycles. The van der Waals surface area contributed by atoms with Gasteiger partial charge in [-0.05, 0) is 57.9 Å². The Labute approximate surface area is 167 Å². The number of aromatic nitrogens is 1. The largest absolute Gasteiger partial charge is 0.489 e. The summed E-state index contributed by atoms with van der Waals surface area (Å²) >= 11 is 6.22. The normalized spacial score (nSPS) is 16.4. The van der Waals surface area contributed by atoms with Gasteiger partial charge in [0.2, 0.25) is 0 Å². The number of likely N-dealkylation sites (tertiary alicyclic amines) is 1. The third-order valence-electron chi connectivity index (χ3n) is 5.16. The summed E-state index contributed by atoms with van der Waals surface area (Å²) in [7, 11) is 0. The van der Waals surface area contributed by atoms with Gasteiger partial charge >= 0.3 is 0 Å². The smallest absolute Gasteiger partial charge is 0.124 e. The van der Waals surface area contributed by atoms with E-state index in [1.54, 1.807) is 6.20 Å². The Morgan fingerprint density at radius 1 is 1.22 bits per heavy atom. The summed E-state index contributed by atoms with van der Waals surface area (Å²) in [5.41, 5.74) is 2.41. The van der Waals surface area contributed by atoms with E-state index in [0.717, 1.165) is 41.5 Å². The van der Waals surface area contributed by atoms with E-state index in [1.165, 1.54) is 12.8 Å². The Morgan fingerprint density at radius 2 is 2.00 bits per heavy atom. The number of rotatable bonds is 6. The predicted molar refractivity (Wildman–Crippen MR) is 111 cm³/mol. The summed E-state index contributed by atoms with van der Waals surface area (Å²) in [4.78, 5) is 6.70. The fourth-order valence-electron chi connectivity index (χ4n) is 3.48. The van der Waals surface area contributed by atoms with E-state index in [9.17, 15) is 0 Å². The standard InChI is InChI=1S/C22H30ClN3O/c1-22(2,3)26-11-8-20(9-12-26)25-15-18-13-19(23)6-7-21(18)27-16-17-5-4-10-24-14-17/h4-7,10,13-14,20,25H,8-9,11-12,15-16H2,1-3H3. The number of hydrogen-bond acceptors (Lipinski definition) is 4. The molecule has 27 heavy (non-hydrogen) atoms. The molecule has 0 unspecified atom stereocenters. The Bertz CT molecular complexity index is 722. The van der Waals surface area contributed by atoms with Crippen molar-refractivity contribution in [3.05, 3.63) is 58.9 Å². The molecule has 4 nitrogen and oxygen atoms in total. The molecule has 2 aromatic rings. The number of ether oxygens (including phenoxy) is 1. The van der Waals surface area contributed by atoms with Crippen LogP contribution in [0.4, 0.5) is 0 Å². The molecule has 1 aliphatic heterocycles. The van der Waals surface area contributed by atoms with Crippen LogP contribution >= 0.6 is 11.6 Å². The summed E-state index contributed by atoms with van der Waals surface area (Å²) in [5, 5.41) is 4.44. The molecule has 0 aliphatic carbocycles. The van der Waals surface area contributed by atoms with Crippen LogP contribution in [0.5, 0.6) is 5.75 Å². The minimum absolute atomic E-state index is 0.255. The molecule has 1 fully saturated rings. The minimum atomic E-state index is 0.255. The average molecular weight is 388 g/mol. The van der Waals surface area contributed by atoms with Gasteiger partial charge in [-0.15, -0.1) is 0 Å². The van der Waals surface area contributed by atoms with Gasteiger partial charge in [-0.2, -0.15) is 0 Å². The van der Waals surface area contributed by atoms with Crippen molar-refractivity contribution in [2.45, 2.75) is 58.3 Å². The third-order valence-corrected chi connectivity index (χ3v) is 5.40. The first-order valence-corrected chi connectivity index (χ1v) is 10.1. The number of nitrogens with zero attached hydrogens (tertiary/aromatic N) is 2. The lowest BCUT2D eigenvalue weighted by Crippen LogP contribution is -2.49. The van der Waals surface area contributed by atoms with Crippen molar-refractivity contribution in [3.8, 4) is 5.75 Å². The van der Waals surface area contributed by atoms with Crippen LogP contribution in [-0.4, -0.2) is 34.6 Å². The van der Waals surface area contributed by atoms with Crippen molar-refractivity contribution in [1.82, 2.24) is 15.2 Å². The topological polar surface area (TPSA) is 37.4 Å². The second kappa shape index (κ2) is 9.05. The first-order chi connectivity index (χ1) is 12.9. The zero-order valence-corrected chi connectivity index (χ0v) is 17.3. The number of piperidine rings is 1. The highest BCUT2D eigenvalue weighted by molar-refractivity contribution is 6.30. The molecule has 0 radical (unpaired) electrons. The fraction of sp³-hybridized carbons (Fsp3) is 0.500. The summed E-state index contributed by atoms with van der Waals surface area (Å²) in [5.74, 6) is 0.878. The van der Waals surface area contributed by atoms with Crippen molar-refractivity contribution < 1.29 is 4.74 Å². The van der Waals surface area contributed by atoms with Gasteiger partial charge in [0.1, 0.15) is 12.4 Å². The highest BCUT2D eigenvalue weighted by atomic mass is 35.5. The summed E-state index contributed by atoms with van der Waals surface area (Å²) in [6, 6.07) is 10.3. The number of hydrogen-bond donors (Lipinski definition) is 1. The summed E-state index contributed by atoms with van der Waals surface area (Å²) in [6.07, 6.45) is 5.94. The van der Waals surface area contributed by atoms with Gasteiger partial charge in [0, 0.05) is 59.8 Å². The maximum absolute atomic E-state index is 6.22. The van der Waals surface area contributed by atoms with Gasteiger partial charge < -0.3 is 10.1 Å². The Morgan fingerprint density at radius 3 is 2.67 bits per heavy atom. The van der Waals surface area contributed by atoms with Crippen molar-refractivity contribution in [2.75, 3.05) is 13.1 Å². The zero-order valence-electron chi connectivity index (χ0n) is 16.5. The maximum atomic E-state index is 6.22. The number of pyridine rings is 1. The van der Waals surface area contributed by atoms with E-state index < -0.39 is 0 Å². The van der Waals surface area contributed by atoms with Crippen LogP contribution in [0.2, 0.25) is 5.02 Å². The van der Waals surface area contributed by atoms with Crippen LogP contribution in [0, 0.1) is 0 Å². The molecule has 3 rings (SSSR count). The minimum Gasteiger partial charge on any atom is -0.489 e. The van der Waals surface area contributed by atoms with Crippen molar-refractivity contribution in [2.24, 2.45) is 0 Å². The van der Waals surface area contributed by atoms with Gasteiger partial charge in [-0.1, -0.05) is 17.7 Å². The molecule has 0 amide bonds. The molecular formula is C22H30ClN3O. The lowest BCUT2D eigenvalue weighted by atomic mass is 9.98. The first-order valence-electron chi connectivity index (χ1n) is 9.70. The third kappa shape index (κ3) is 5.93. The molecule has 1 aromatic heterocycles. The SMILES string of the molecule is CC(C)(C)N1CCC(NCc2cc(Cl)ccc2OCc2cccnc2)CC1. The van der Waals surface area contributed by atoms with Crippen LogP contribution < -0.4 is 10.1 Å². The molecule has 1 aliphatic rings. The summed E-state index contributed by atoms with van der Waals surface area (Å²) < 4.78 is 6.03. The molecule has 2 heterocycles. The molecule has 5 heteroatoms. The van der Waals surface area contributed by atoms with E-state index in [2.05, 4.69) is 36.0 Å². The van der Waals surface area contributed by atoms with E-state index in [-0.39, 0.29) is 5.54 Å². The Kier molecular flexibility index (Phi) is 6.74. The number of nitrogens with one attached hydrogen (secondary N) is 1. The van der Waals surface area contributed by atoms with Gasteiger partial charge in [0.05, 0.1) is 0 Å². The fourth-order valence-corrected chi connectivity index (χ4v) is 3.67. The second-order valence-corrected chi connectivity index (χ2v) is 8.65. The van der Waals surface area contributed by atoms with Gasteiger partial charge in [-0.25, -0.2) is 0 Å². The average Bonchev–Trinajstić information content (AvgIpc) is 2.66. The molecule has 0 saturated carbocycles. The molecule has 0 bridgehead atoms. The monoisotopic (exact) mass is 387 g/mol. The van der Waals surface area contributed by atoms with Crippen molar-refractivity contribution in [1.29, 1.82) is 0 Å². The van der Waals surface area contributed by atoms with Crippen LogP contribution in [0.15, 0.2) is 42.7 Å².